The van der Waals surface area contributed by atoms with Gasteiger partial charge in [0.05, 0.1) is 7.11 Å². The number of esters is 1. The highest BCUT2D eigenvalue weighted by molar-refractivity contribution is 7.68. The highest BCUT2D eigenvalue weighted by Gasteiger charge is 2.08. The van der Waals surface area contributed by atoms with Gasteiger partial charge in [-0.25, -0.2) is 9.00 Å². The van der Waals surface area contributed by atoms with Crippen molar-refractivity contribution in [2.75, 3.05) is 14.2 Å². The van der Waals surface area contributed by atoms with Gasteiger partial charge in [-0.2, -0.15) is 0 Å². The average Bonchev–Trinajstić information content (AvgIpc) is 1.90. The number of carbonyl (C=O) groups is 1. The van der Waals surface area contributed by atoms with Gasteiger partial charge >= 0.3 is 5.97 Å². The van der Waals surface area contributed by atoms with Crippen LogP contribution < -0.4 is 0 Å². The summed E-state index contributed by atoms with van der Waals surface area (Å²) in [6.45, 7) is 0. The number of carbonyl (C=O) groups excluding carboxylic acids is 1. The summed E-state index contributed by atoms with van der Waals surface area (Å²) < 4.78 is 18.4. The zero-order valence-corrected chi connectivity index (χ0v) is 5.86. The maximum atomic E-state index is 10.4. The van der Waals surface area contributed by atoms with E-state index in [4.69, 9.17) is 0 Å². The van der Waals surface area contributed by atoms with Crippen molar-refractivity contribution < 1.29 is 18.5 Å². The second-order valence-electron chi connectivity index (χ2n) is 1.07. The number of hydrogen-bond acceptors (Lipinski definition) is 4. The molecule has 5 heteroatoms. The van der Waals surface area contributed by atoms with E-state index in [1.54, 1.807) is 0 Å². The summed E-state index contributed by atoms with van der Waals surface area (Å²) >= 11 is -0.0275. The third kappa shape index (κ3) is 2.39. The Balaban J connectivity index is 4.14. The van der Waals surface area contributed by atoms with Crippen LogP contribution in [0.25, 0.3) is 0 Å². The summed E-state index contributed by atoms with van der Waals surface area (Å²) in [4.78, 5) is 10.4. The molecule has 0 saturated heterocycles. The molecule has 0 aliphatic carbocycles. The monoisotopic (exact) mass is 150 g/mol. The summed E-state index contributed by atoms with van der Waals surface area (Å²) in [6, 6.07) is 0. The predicted octanol–water partition coefficient (Wildman–Crippen LogP) is -0.851. The summed E-state index contributed by atoms with van der Waals surface area (Å²) in [6.07, 6.45) is 0. The van der Waals surface area contributed by atoms with Gasteiger partial charge in [0.2, 0.25) is 0 Å². The van der Waals surface area contributed by atoms with Gasteiger partial charge in [0, 0.05) is 7.11 Å². The van der Waals surface area contributed by atoms with Crippen LogP contribution in [0.1, 0.15) is 0 Å². The highest BCUT2D eigenvalue weighted by atomic mass is 32.1. The van der Waals surface area contributed by atoms with Crippen molar-refractivity contribution >= 4 is 22.3 Å². The normalized spacial score (nSPS) is 8.22. The second kappa shape index (κ2) is 4.22. The van der Waals surface area contributed by atoms with Crippen molar-refractivity contribution in [1.82, 2.24) is 0 Å². The molecule has 0 fully saturated rings. The van der Waals surface area contributed by atoms with Gasteiger partial charge in [0.25, 0.3) is 5.05 Å². The van der Waals surface area contributed by atoms with Gasteiger partial charge in [0.15, 0.2) is 0 Å². The lowest BCUT2D eigenvalue weighted by Crippen LogP contribution is -2.16. The molecule has 0 aliphatic rings. The minimum atomic E-state index is -0.738. The van der Waals surface area contributed by atoms with Crippen molar-refractivity contribution in [3.05, 3.63) is 0 Å². The molecule has 0 aromatic rings. The Morgan fingerprint density at radius 2 is 1.89 bits per heavy atom. The zero-order valence-electron chi connectivity index (χ0n) is 5.04. The molecule has 0 spiro atoms. The van der Waals surface area contributed by atoms with Crippen molar-refractivity contribution in [3.8, 4) is 0 Å². The first kappa shape index (κ1) is 8.32. The Labute approximate surface area is 55.8 Å². The molecule has 0 rings (SSSR count). The molecule has 0 bridgehead atoms. The van der Waals surface area contributed by atoms with Crippen LogP contribution in [0.2, 0.25) is 0 Å². The maximum absolute atomic E-state index is 10.4. The number of hydrogen-bond donors (Lipinski definition) is 0. The SMILES string of the molecule is COC(=O)C(OC)=S=O. The van der Waals surface area contributed by atoms with E-state index in [0.717, 1.165) is 0 Å². The van der Waals surface area contributed by atoms with E-state index < -0.39 is 5.97 Å². The van der Waals surface area contributed by atoms with Crippen LogP contribution in [0.15, 0.2) is 0 Å². The van der Waals surface area contributed by atoms with Crippen molar-refractivity contribution in [1.29, 1.82) is 0 Å². The van der Waals surface area contributed by atoms with E-state index in [-0.39, 0.29) is 16.3 Å². The van der Waals surface area contributed by atoms with Crippen molar-refractivity contribution in [2.45, 2.75) is 0 Å². The molecule has 0 aromatic carbocycles. The van der Waals surface area contributed by atoms with E-state index in [2.05, 4.69) is 9.47 Å². The van der Waals surface area contributed by atoms with Crippen LogP contribution in [-0.2, 0) is 25.5 Å². The standard InChI is InChI=1S/C4H6O4S/c1-7-3(5)4(8-2)9-6/h1-2H3. The molecule has 0 radical (unpaired) electrons. The number of ether oxygens (including phenoxy) is 2. The van der Waals surface area contributed by atoms with Crippen molar-refractivity contribution in [3.63, 3.8) is 0 Å². The van der Waals surface area contributed by atoms with E-state index in [9.17, 15) is 9.00 Å². The lowest BCUT2D eigenvalue weighted by molar-refractivity contribution is -0.133. The van der Waals surface area contributed by atoms with E-state index in [1.807, 2.05) is 0 Å². The Bertz CT molecular complexity index is 158. The lowest BCUT2D eigenvalue weighted by atomic mass is 10.7. The Hall–Kier alpha value is -0.680. The molecule has 4 nitrogen and oxygen atoms in total. The minimum Gasteiger partial charge on any atom is -0.463 e. The van der Waals surface area contributed by atoms with Crippen LogP contribution in [0.3, 0.4) is 0 Å². The van der Waals surface area contributed by atoms with Crippen LogP contribution in [-0.4, -0.2) is 29.4 Å². The van der Waals surface area contributed by atoms with Crippen LogP contribution >= 0.6 is 0 Å². The average molecular weight is 150 g/mol. The second-order valence-corrected chi connectivity index (χ2v) is 1.60. The number of methoxy groups -OCH3 is 2. The van der Waals surface area contributed by atoms with E-state index >= 15 is 0 Å². The van der Waals surface area contributed by atoms with Gasteiger partial charge in [-0.1, -0.05) is 0 Å². The quantitative estimate of drug-likeness (QED) is 0.333. The molecule has 0 heterocycles. The van der Waals surface area contributed by atoms with Crippen LogP contribution in [0, 0.1) is 0 Å². The zero-order chi connectivity index (χ0) is 7.28. The molecule has 0 amide bonds. The van der Waals surface area contributed by atoms with Crippen LogP contribution in [0.4, 0.5) is 0 Å². The molecule has 0 atom stereocenters. The van der Waals surface area contributed by atoms with Gasteiger partial charge < -0.3 is 9.47 Å². The van der Waals surface area contributed by atoms with Gasteiger partial charge in [-0.15, -0.1) is 0 Å². The summed E-state index contributed by atoms with van der Waals surface area (Å²) in [5.41, 5.74) is 0. The topological polar surface area (TPSA) is 52.6 Å². The van der Waals surface area contributed by atoms with Crippen molar-refractivity contribution in [2.24, 2.45) is 0 Å². The third-order valence-corrected chi connectivity index (χ3v) is 1.10. The predicted molar refractivity (Wildman–Crippen MR) is 32.2 cm³/mol. The molecule has 0 N–H and O–H groups in total. The fraction of sp³-hybridized carbons (Fsp3) is 0.500. The Morgan fingerprint density at radius 1 is 1.33 bits per heavy atom. The molecule has 0 aromatic heterocycles. The highest BCUT2D eigenvalue weighted by Crippen LogP contribution is 1.77. The van der Waals surface area contributed by atoms with Crippen LogP contribution in [0.5, 0.6) is 0 Å². The van der Waals surface area contributed by atoms with Gasteiger partial charge in [-0.3, -0.25) is 0 Å². The smallest absolute Gasteiger partial charge is 0.375 e. The minimum absolute atomic E-state index is 0.0275. The summed E-state index contributed by atoms with van der Waals surface area (Å²) in [5, 5.41) is -0.280. The lowest BCUT2D eigenvalue weighted by Gasteiger charge is -1.94. The molecular formula is C4H6O4S. The first-order valence-corrected chi connectivity index (χ1v) is 2.79. The Morgan fingerprint density at radius 3 is 2.00 bits per heavy atom. The molecular weight excluding hydrogens is 144 g/mol. The largest absolute Gasteiger partial charge is 0.463 e. The molecule has 0 aliphatic heterocycles. The first-order valence-electron chi connectivity index (χ1n) is 2.05. The molecule has 9 heavy (non-hydrogen) atoms. The fourth-order valence-electron chi connectivity index (χ4n) is 0.235. The van der Waals surface area contributed by atoms with E-state index in [1.165, 1.54) is 14.2 Å². The summed E-state index contributed by atoms with van der Waals surface area (Å²) in [7, 11) is 2.41. The fourth-order valence-corrected chi connectivity index (χ4v) is 0.454. The molecule has 0 unspecified atom stereocenters. The molecule has 52 valence electrons. The van der Waals surface area contributed by atoms with E-state index in [0.29, 0.717) is 0 Å². The summed E-state index contributed by atoms with van der Waals surface area (Å²) in [5.74, 6) is -0.738. The number of rotatable bonds is 0. The maximum Gasteiger partial charge on any atom is 0.375 e. The first-order chi connectivity index (χ1) is 4.26. The Kier molecular flexibility index (Phi) is 3.90. The third-order valence-electron chi connectivity index (χ3n) is 0.613. The van der Waals surface area contributed by atoms with Gasteiger partial charge in [-0.05, 0) is 0 Å². The van der Waals surface area contributed by atoms with Gasteiger partial charge in [0.1, 0.15) is 11.3 Å². The molecule has 0 saturated carbocycles.